The number of benzene rings is 1. The number of rotatable bonds is 9. The van der Waals surface area contributed by atoms with Crippen LogP contribution in [0.5, 0.6) is 0 Å². The highest BCUT2D eigenvalue weighted by atomic mass is 32.2. The summed E-state index contributed by atoms with van der Waals surface area (Å²) < 4.78 is 62.2. The van der Waals surface area contributed by atoms with Gasteiger partial charge in [0.2, 0.25) is 0 Å². The van der Waals surface area contributed by atoms with Gasteiger partial charge in [0, 0.05) is 18.5 Å². The first-order chi connectivity index (χ1) is 13.5. The van der Waals surface area contributed by atoms with E-state index in [1.165, 1.54) is 6.08 Å². The van der Waals surface area contributed by atoms with Crippen LogP contribution in [0.4, 0.5) is 0 Å². The van der Waals surface area contributed by atoms with Gasteiger partial charge in [0.1, 0.15) is 12.2 Å². The first-order valence-electron chi connectivity index (χ1n) is 8.90. The van der Waals surface area contributed by atoms with Gasteiger partial charge in [-0.1, -0.05) is 36.4 Å². The first-order valence-corrected chi connectivity index (χ1v) is 12.5. The van der Waals surface area contributed by atoms with Gasteiger partial charge in [-0.15, -0.1) is 0 Å². The van der Waals surface area contributed by atoms with E-state index in [1.807, 2.05) is 30.3 Å². The van der Waals surface area contributed by atoms with Crippen molar-refractivity contribution < 1.29 is 34.7 Å². The van der Waals surface area contributed by atoms with Crippen molar-refractivity contribution in [3.8, 4) is 0 Å². The molecule has 11 heteroatoms. The average Bonchev–Trinajstić information content (AvgIpc) is 2.60. The predicted molar refractivity (Wildman–Crippen MR) is 106 cm³/mol. The molecule has 2 rings (SSSR count). The minimum atomic E-state index is -3.95. The first kappa shape index (κ1) is 23.5. The third-order valence-corrected chi connectivity index (χ3v) is 5.20. The number of hydrogen-bond acceptors (Lipinski definition) is 9. The molecule has 0 fully saturated rings. The largest absolute Gasteiger partial charge is 0.463 e. The monoisotopic (exact) mass is 447 g/mol. The van der Waals surface area contributed by atoms with E-state index < -0.39 is 44.5 Å². The molecule has 0 bridgehead atoms. The van der Waals surface area contributed by atoms with Gasteiger partial charge in [-0.05, 0) is 12.5 Å². The van der Waals surface area contributed by atoms with Crippen molar-refractivity contribution in [1.29, 1.82) is 0 Å². The molecule has 1 N–H and O–H groups in total. The van der Waals surface area contributed by atoms with Crippen molar-refractivity contribution in [2.75, 3.05) is 19.1 Å². The van der Waals surface area contributed by atoms with Gasteiger partial charge < -0.3 is 10.1 Å². The fourth-order valence-corrected chi connectivity index (χ4v) is 4.24. The maximum Gasteiger partial charge on any atom is 0.333 e. The molecule has 0 unspecified atom stereocenters. The molecule has 0 saturated carbocycles. The topological polar surface area (TPSA) is 125 Å². The molecular formula is C18H25NO8S2. The Balaban J connectivity index is 2.38. The number of hydrogen-bond donors (Lipinski definition) is 1. The Morgan fingerprint density at radius 1 is 1.07 bits per heavy atom. The van der Waals surface area contributed by atoms with Crippen molar-refractivity contribution >= 4 is 26.2 Å². The molecule has 0 radical (unpaired) electrons. The lowest BCUT2D eigenvalue weighted by Gasteiger charge is -2.35. The van der Waals surface area contributed by atoms with Crippen LogP contribution < -0.4 is 5.32 Å². The second kappa shape index (κ2) is 9.81. The Morgan fingerprint density at radius 2 is 1.69 bits per heavy atom. The lowest BCUT2D eigenvalue weighted by Crippen LogP contribution is -2.52. The predicted octanol–water partition coefficient (Wildman–Crippen LogP) is 0.728. The van der Waals surface area contributed by atoms with Gasteiger partial charge in [-0.25, -0.2) is 4.79 Å². The van der Waals surface area contributed by atoms with Crippen molar-refractivity contribution in [1.82, 2.24) is 5.32 Å². The standard InChI is InChI=1S/C18H25NO8S2/c1-4-25-18(20)14-10-15(19-12-13-8-6-5-7-9-13)17(27-29(3,23)24)16(11-14)26-28(2,21)22/h5-10,15-17,19H,4,11-12H2,1-3H3/t15-,16-,17-/m0/s1. The Kier molecular flexibility index (Phi) is 7.94. The van der Waals surface area contributed by atoms with E-state index in [0.29, 0.717) is 6.54 Å². The van der Waals surface area contributed by atoms with Crippen LogP contribution in [0.3, 0.4) is 0 Å². The molecule has 0 saturated heterocycles. The van der Waals surface area contributed by atoms with Crippen LogP contribution >= 0.6 is 0 Å². The highest BCUT2D eigenvalue weighted by molar-refractivity contribution is 7.86. The van der Waals surface area contributed by atoms with E-state index >= 15 is 0 Å². The number of carbonyl (C=O) groups is 1. The number of nitrogens with one attached hydrogen (secondary N) is 1. The molecule has 0 aromatic heterocycles. The summed E-state index contributed by atoms with van der Waals surface area (Å²) in [6.45, 7) is 2.11. The van der Waals surface area contributed by atoms with E-state index in [2.05, 4.69) is 5.32 Å². The highest BCUT2D eigenvalue weighted by Crippen LogP contribution is 2.28. The Hall–Kier alpha value is -1.79. The van der Waals surface area contributed by atoms with Crippen molar-refractivity contribution in [3.63, 3.8) is 0 Å². The minimum absolute atomic E-state index is 0.138. The van der Waals surface area contributed by atoms with Crippen LogP contribution in [0.15, 0.2) is 42.0 Å². The molecule has 0 amide bonds. The number of ether oxygens (including phenoxy) is 1. The third kappa shape index (κ3) is 7.86. The Morgan fingerprint density at radius 3 is 2.24 bits per heavy atom. The molecule has 9 nitrogen and oxygen atoms in total. The molecule has 3 atom stereocenters. The van der Waals surface area contributed by atoms with Gasteiger partial charge in [-0.2, -0.15) is 16.8 Å². The molecule has 1 aromatic rings. The fourth-order valence-electron chi connectivity index (χ4n) is 2.96. The summed E-state index contributed by atoms with van der Waals surface area (Å²) in [7, 11) is -7.88. The van der Waals surface area contributed by atoms with Crippen molar-refractivity contribution in [2.45, 2.75) is 38.1 Å². The second-order valence-electron chi connectivity index (χ2n) is 6.61. The SMILES string of the molecule is CCOC(=O)C1=C[C@H](NCc2ccccc2)[C@H](OS(C)(=O)=O)[C@@H](OS(C)(=O)=O)C1. The van der Waals surface area contributed by atoms with Gasteiger partial charge in [0.25, 0.3) is 20.2 Å². The maximum atomic E-state index is 12.2. The number of carbonyl (C=O) groups excluding carboxylic acids is 1. The van der Waals surface area contributed by atoms with Crippen molar-refractivity contribution in [3.05, 3.63) is 47.5 Å². The molecule has 1 aromatic carbocycles. The summed E-state index contributed by atoms with van der Waals surface area (Å²) in [5, 5.41) is 3.10. The van der Waals surface area contributed by atoms with E-state index in [0.717, 1.165) is 18.1 Å². The third-order valence-electron chi connectivity index (χ3n) is 4.03. The Labute approximate surface area is 171 Å². The quantitative estimate of drug-likeness (QED) is 0.431. The zero-order valence-electron chi connectivity index (χ0n) is 16.4. The van der Waals surface area contributed by atoms with Crippen molar-refractivity contribution in [2.24, 2.45) is 0 Å². The van der Waals surface area contributed by atoms with Gasteiger partial charge >= 0.3 is 5.97 Å². The molecule has 1 aliphatic carbocycles. The zero-order chi connectivity index (χ0) is 21.7. The normalized spacial score (nSPS) is 22.7. The van der Waals surface area contributed by atoms with Crippen LogP contribution in [0.2, 0.25) is 0 Å². The molecule has 0 heterocycles. The van der Waals surface area contributed by atoms with Crippen LogP contribution in [0.25, 0.3) is 0 Å². The lowest BCUT2D eigenvalue weighted by atomic mass is 9.90. The number of esters is 1. The summed E-state index contributed by atoms with van der Waals surface area (Å²) in [5.41, 5.74) is 1.09. The summed E-state index contributed by atoms with van der Waals surface area (Å²) in [6, 6.07) is 8.46. The van der Waals surface area contributed by atoms with Gasteiger partial charge in [0.15, 0.2) is 0 Å². The minimum Gasteiger partial charge on any atom is -0.463 e. The Bertz CT molecular complexity index is 941. The lowest BCUT2D eigenvalue weighted by molar-refractivity contribution is -0.139. The summed E-state index contributed by atoms with van der Waals surface area (Å²) in [6.07, 6.45) is 0.621. The summed E-state index contributed by atoms with van der Waals surface area (Å²) >= 11 is 0. The van der Waals surface area contributed by atoms with E-state index in [1.54, 1.807) is 6.92 Å². The van der Waals surface area contributed by atoms with Crippen LogP contribution in [-0.4, -0.2) is 60.2 Å². The second-order valence-corrected chi connectivity index (χ2v) is 9.81. The molecule has 0 spiro atoms. The molecule has 1 aliphatic rings. The van der Waals surface area contributed by atoms with Crippen LogP contribution in [-0.2, 0) is 44.7 Å². The van der Waals surface area contributed by atoms with Gasteiger partial charge in [-0.3, -0.25) is 8.37 Å². The smallest absolute Gasteiger partial charge is 0.333 e. The fraction of sp³-hybridized carbons (Fsp3) is 0.500. The highest BCUT2D eigenvalue weighted by Gasteiger charge is 2.41. The van der Waals surface area contributed by atoms with E-state index in [9.17, 15) is 21.6 Å². The van der Waals surface area contributed by atoms with Gasteiger partial charge in [0.05, 0.1) is 25.2 Å². The average molecular weight is 448 g/mol. The van der Waals surface area contributed by atoms with E-state index in [-0.39, 0.29) is 18.6 Å². The maximum absolute atomic E-state index is 12.2. The molecular weight excluding hydrogens is 422 g/mol. The van der Waals surface area contributed by atoms with Crippen LogP contribution in [0, 0.1) is 0 Å². The van der Waals surface area contributed by atoms with E-state index in [4.69, 9.17) is 13.1 Å². The molecule has 29 heavy (non-hydrogen) atoms. The summed E-state index contributed by atoms with van der Waals surface area (Å²) in [4.78, 5) is 12.2. The van der Waals surface area contributed by atoms with Crippen LogP contribution in [0.1, 0.15) is 18.9 Å². The summed E-state index contributed by atoms with van der Waals surface area (Å²) in [5.74, 6) is -0.626. The zero-order valence-corrected chi connectivity index (χ0v) is 18.0. The molecule has 162 valence electrons. The molecule has 0 aliphatic heterocycles.